The molecule has 0 unspecified atom stereocenters. The van der Waals surface area contributed by atoms with E-state index >= 15 is 0 Å². The third-order valence-corrected chi connectivity index (χ3v) is 11.1. The molecule has 3 nitrogen and oxygen atoms in total. The van der Waals surface area contributed by atoms with Gasteiger partial charge in [0, 0.05) is 36.1 Å². The summed E-state index contributed by atoms with van der Waals surface area (Å²) < 4.78 is 37.7. The molecule has 0 bridgehead atoms. The van der Waals surface area contributed by atoms with Crippen LogP contribution in [-0.2, 0) is 5.54 Å². The zero-order valence-corrected chi connectivity index (χ0v) is 27.2. The average Bonchev–Trinajstić information content (AvgIpc) is 3.55. The summed E-state index contributed by atoms with van der Waals surface area (Å²) >= 11 is 1.62. The van der Waals surface area contributed by atoms with Crippen LogP contribution in [0.3, 0.4) is 0 Å². The standard InChI is InChI=1S/C44H31N3S/c1-26-25-28-17-7-8-18-29(28)37-38-31-20-10-9-19-30(31)36-33-22-12-14-24-35(33)48-42(36)41(38)47(44(2,3)39(26)37)43-45-34-23-13-11-21-32(34)40(46-43)27-15-5-4-6-16-27/h4-25H,1-3H3/i1D3,24D. The highest BCUT2D eigenvalue weighted by molar-refractivity contribution is 7.26. The molecule has 0 saturated carbocycles. The molecule has 0 atom stereocenters. The lowest BCUT2D eigenvalue weighted by molar-refractivity contribution is 0.522. The Kier molecular flexibility index (Phi) is 4.92. The molecule has 48 heavy (non-hydrogen) atoms. The van der Waals surface area contributed by atoms with Gasteiger partial charge < -0.3 is 0 Å². The number of aryl methyl sites for hydroxylation is 1. The third kappa shape index (κ3) is 3.69. The van der Waals surface area contributed by atoms with Gasteiger partial charge in [0.1, 0.15) is 0 Å². The molecule has 0 spiro atoms. The van der Waals surface area contributed by atoms with Crippen LogP contribution in [0.5, 0.6) is 0 Å². The maximum absolute atomic E-state index is 8.98. The summed E-state index contributed by atoms with van der Waals surface area (Å²) in [6.45, 7) is 1.80. The largest absolute Gasteiger partial charge is 0.299 e. The Hall–Kier alpha value is -5.58. The number of thiophene rings is 1. The molecule has 1 aliphatic heterocycles. The van der Waals surface area contributed by atoms with Gasteiger partial charge in [-0.2, -0.15) is 0 Å². The van der Waals surface area contributed by atoms with Crippen molar-refractivity contribution in [1.82, 2.24) is 9.97 Å². The van der Waals surface area contributed by atoms with E-state index < -0.39 is 12.4 Å². The fourth-order valence-corrected chi connectivity index (χ4v) is 9.23. The first kappa shape index (κ1) is 23.7. The van der Waals surface area contributed by atoms with Gasteiger partial charge in [-0.25, -0.2) is 9.97 Å². The van der Waals surface area contributed by atoms with Crippen LogP contribution in [0, 0.1) is 6.85 Å². The van der Waals surface area contributed by atoms with E-state index in [2.05, 4.69) is 73.3 Å². The van der Waals surface area contributed by atoms with Gasteiger partial charge >= 0.3 is 0 Å². The lowest BCUT2D eigenvalue weighted by Crippen LogP contribution is -2.43. The summed E-state index contributed by atoms with van der Waals surface area (Å²) in [6, 6.07) is 43.0. The average molecular weight is 638 g/mol. The minimum Gasteiger partial charge on any atom is -0.299 e. The number of nitrogens with zero attached hydrogens (tertiary/aromatic N) is 3. The maximum atomic E-state index is 8.98. The lowest BCUT2D eigenvalue weighted by Gasteiger charge is -2.46. The van der Waals surface area contributed by atoms with E-state index in [-0.39, 0.29) is 0 Å². The van der Waals surface area contributed by atoms with Crippen molar-refractivity contribution < 1.29 is 5.48 Å². The monoisotopic (exact) mass is 637 g/mol. The van der Waals surface area contributed by atoms with Crippen LogP contribution in [0.2, 0.25) is 0 Å². The molecule has 9 aromatic rings. The second-order valence-electron chi connectivity index (χ2n) is 13.0. The van der Waals surface area contributed by atoms with E-state index in [1.807, 2.05) is 72.8 Å². The predicted octanol–water partition coefficient (Wildman–Crippen LogP) is 12.3. The zero-order valence-electron chi connectivity index (χ0n) is 30.4. The van der Waals surface area contributed by atoms with Crippen molar-refractivity contribution in [2.75, 3.05) is 4.90 Å². The van der Waals surface area contributed by atoms with E-state index in [0.29, 0.717) is 17.6 Å². The molecule has 10 rings (SSSR count). The molecule has 0 amide bonds. The van der Waals surface area contributed by atoms with Crippen LogP contribution >= 0.6 is 11.3 Å². The van der Waals surface area contributed by atoms with Crippen LogP contribution in [0.4, 0.5) is 11.6 Å². The zero-order chi connectivity index (χ0) is 35.5. The van der Waals surface area contributed by atoms with Crippen molar-refractivity contribution in [3.05, 3.63) is 145 Å². The molecule has 3 heterocycles. The fourth-order valence-electron chi connectivity index (χ4n) is 8.00. The minimum absolute atomic E-state index is 0.319. The molecular formula is C44H31N3S. The molecule has 0 aliphatic carbocycles. The van der Waals surface area contributed by atoms with E-state index in [9.17, 15) is 0 Å². The molecular weight excluding hydrogens is 603 g/mol. The highest BCUT2D eigenvalue weighted by atomic mass is 32.1. The SMILES string of the molecule is [2H]c1cccc2c1sc1c3c(c4ccccc4c12)-c1c(c(C([2H])([2H])[2H])cc2ccccc12)C(C)(C)N3c1nc(-c2ccccc2)c2ccccc2n1. The van der Waals surface area contributed by atoms with E-state index in [4.69, 9.17) is 15.5 Å². The molecule has 0 saturated heterocycles. The maximum Gasteiger partial charge on any atom is 0.231 e. The van der Waals surface area contributed by atoms with Crippen LogP contribution in [-0.4, -0.2) is 9.97 Å². The molecule has 4 heteroatoms. The summed E-state index contributed by atoms with van der Waals surface area (Å²) in [5, 5.41) is 6.99. The van der Waals surface area contributed by atoms with Gasteiger partial charge in [0.2, 0.25) is 5.95 Å². The quantitative estimate of drug-likeness (QED) is 0.189. The highest BCUT2D eigenvalue weighted by Crippen LogP contribution is 2.60. The van der Waals surface area contributed by atoms with Crippen LogP contribution in [0.15, 0.2) is 133 Å². The van der Waals surface area contributed by atoms with Gasteiger partial charge in [0.05, 0.1) is 28.5 Å². The fraction of sp³-hybridized carbons (Fsp3) is 0.0909. The van der Waals surface area contributed by atoms with E-state index in [1.54, 1.807) is 11.3 Å². The minimum atomic E-state index is -2.40. The van der Waals surface area contributed by atoms with Gasteiger partial charge in [0.25, 0.3) is 0 Å². The number of benzene rings is 7. The Morgan fingerprint density at radius 2 is 1.38 bits per heavy atom. The summed E-state index contributed by atoms with van der Waals surface area (Å²) in [4.78, 5) is 12.9. The number of hydrogen-bond donors (Lipinski definition) is 0. The summed E-state index contributed by atoms with van der Waals surface area (Å²) in [6.07, 6.45) is 0. The topological polar surface area (TPSA) is 29.0 Å². The van der Waals surface area contributed by atoms with Crippen LogP contribution < -0.4 is 4.90 Å². The molecule has 0 N–H and O–H groups in total. The summed E-state index contributed by atoms with van der Waals surface area (Å²) in [5.74, 6) is 0.485. The van der Waals surface area contributed by atoms with Crippen LogP contribution in [0.25, 0.3) is 75.0 Å². The highest BCUT2D eigenvalue weighted by Gasteiger charge is 2.44. The van der Waals surface area contributed by atoms with Crippen molar-refractivity contribution in [2.24, 2.45) is 0 Å². The molecule has 7 aromatic carbocycles. The molecule has 228 valence electrons. The second kappa shape index (κ2) is 9.96. The van der Waals surface area contributed by atoms with Gasteiger partial charge in [-0.15, -0.1) is 11.3 Å². The van der Waals surface area contributed by atoms with Crippen molar-refractivity contribution >= 4 is 75.6 Å². The van der Waals surface area contributed by atoms with Crippen molar-refractivity contribution in [3.8, 4) is 22.4 Å². The smallest absolute Gasteiger partial charge is 0.231 e. The first-order valence-electron chi connectivity index (χ1n) is 18.2. The van der Waals surface area contributed by atoms with E-state index in [1.165, 1.54) is 0 Å². The molecule has 0 fully saturated rings. The van der Waals surface area contributed by atoms with Crippen LogP contribution in [0.1, 0.15) is 30.5 Å². The number of anilines is 2. The normalized spacial score (nSPS) is 15.3. The number of hydrogen-bond acceptors (Lipinski definition) is 4. The Morgan fingerprint density at radius 1 is 0.688 bits per heavy atom. The Labute approximate surface area is 288 Å². The first-order chi connectivity index (χ1) is 25.1. The first-order valence-corrected chi connectivity index (χ1v) is 17.0. The summed E-state index contributed by atoms with van der Waals surface area (Å²) in [7, 11) is 0. The van der Waals surface area contributed by atoms with Gasteiger partial charge in [-0.1, -0.05) is 121 Å². The number of para-hydroxylation sites is 1. The van der Waals surface area contributed by atoms with Crippen molar-refractivity contribution in [3.63, 3.8) is 0 Å². The summed E-state index contributed by atoms with van der Waals surface area (Å²) in [5.41, 5.74) is 5.49. The predicted molar refractivity (Wildman–Crippen MR) is 205 cm³/mol. The molecule has 0 radical (unpaired) electrons. The third-order valence-electron chi connectivity index (χ3n) is 9.97. The Bertz CT molecular complexity index is 2950. The number of aromatic nitrogens is 2. The van der Waals surface area contributed by atoms with E-state index in [0.717, 1.165) is 86.3 Å². The molecule has 1 aliphatic rings. The Balaban J connectivity index is 1.47. The number of fused-ring (bicyclic) bond motifs is 13. The lowest BCUT2D eigenvalue weighted by atomic mass is 9.74. The second-order valence-corrected chi connectivity index (χ2v) is 14.1. The number of rotatable bonds is 2. The van der Waals surface area contributed by atoms with Crippen molar-refractivity contribution in [2.45, 2.75) is 26.2 Å². The molecule has 2 aromatic heterocycles. The Morgan fingerprint density at radius 3 is 2.21 bits per heavy atom. The van der Waals surface area contributed by atoms with Gasteiger partial charge in [-0.3, -0.25) is 4.90 Å². The van der Waals surface area contributed by atoms with Crippen molar-refractivity contribution in [1.29, 1.82) is 0 Å². The van der Waals surface area contributed by atoms with Gasteiger partial charge in [0.15, 0.2) is 0 Å². The van der Waals surface area contributed by atoms with Gasteiger partial charge in [-0.05, 0) is 71.0 Å².